The molecule has 0 fully saturated rings. The minimum Gasteiger partial charge on any atom is -0.481 e. The first kappa shape index (κ1) is 29.3. The second-order valence-electron chi connectivity index (χ2n) is 10.4. The fourth-order valence-corrected chi connectivity index (χ4v) is 5.28. The number of rotatable bonds is 13. The highest BCUT2D eigenvalue weighted by molar-refractivity contribution is 6.03. The zero-order chi connectivity index (χ0) is 30.7. The van der Waals surface area contributed by atoms with Crippen molar-refractivity contribution in [3.8, 4) is 0 Å². The second kappa shape index (κ2) is 12.3. The number of aryl methyl sites for hydroxylation is 5. The van der Waals surface area contributed by atoms with Gasteiger partial charge in [0.2, 0.25) is 17.8 Å². The lowest BCUT2D eigenvalue weighted by molar-refractivity contribution is -0.136. The van der Waals surface area contributed by atoms with Gasteiger partial charge in [0.15, 0.2) is 0 Å². The van der Waals surface area contributed by atoms with Gasteiger partial charge >= 0.3 is 5.97 Å². The Hall–Kier alpha value is -5.20. The molecule has 5 rings (SSSR count). The molecule has 5 aromatic rings. The number of imidazole rings is 2. The average molecular weight is 586 g/mol. The number of carbonyl (C=O) groups is 3. The molecule has 0 unspecified atom stereocenters. The molecule has 0 bridgehead atoms. The standard InChI is InChI=1S/C30H35N9O4/c1-4-39-24(16-19(3)36-39)28(43)35-30-34-22-17-20(27(31)42)10-11-23(22)37(30)14-5-6-15-38-26-18(2)8-7-9-21(26)33-29(38)32-13-12-25(40)41/h7-11,16-17H,4-6,12-15H2,1-3H3,(H2,31,42)(H,32,33)(H,40,41)(H,34,35,43). The SMILES string of the molecule is CCn1nc(C)cc1C(=O)Nc1nc2cc(C(N)=O)ccc2n1CCCCn1c(NCCC(=O)O)nc2cccc(C)c21. The Labute approximate surface area is 247 Å². The summed E-state index contributed by atoms with van der Waals surface area (Å²) in [6.45, 7) is 7.79. The largest absolute Gasteiger partial charge is 0.481 e. The van der Waals surface area contributed by atoms with Gasteiger partial charge in [-0.2, -0.15) is 5.10 Å². The predicted octanol–water partition coefficient (Wildman–Crippen LogP) is 3.94. The second-order valence-corrected chi connectivity index (χ2v) is 10.4. The van der Waals surface area contributed by atoms with Crippen LogP contribution in [0.25, 0.3) is 22.1 Å². The van der Waals surface area contributed by atoms with Crippen LogP contribution in [0.5, 0.6) is 0 Å². The Kier molecular flexibility index (Phi) is 8.41. The highest BCUT2D eigenvalue weighted by atomic mass is 16.4. The molecular weight excluding hydrogens is 550 g/mol. The number of amides is 2. The van der Waals surface area contributed by atoms with Gasteiger partial charge in [0, 0.05) is 31.7 Å². The van der Waals surface area contributed by atoms with Crippen LogP contribution in [0.1, 0.15) is 58.3 Å². The number of anilines is 2. The summed E-state index contributed by atoms with van der Waals surface area (Å²) in [4.78, 5) is 45.5. The predicted molar refractivity (Wildman–Crippen MR) is 163 cm³/mol. The van der Waals surface area contributed by atoms with Crippen LogP contribution in [0.15, 0.2) is 42.5 Å². The summed E-state index contributed by atoms with van der Waals surface area (Å²) in [7, 11) is 0. The number of hydrogen-bond acceptors (Lipinski definition) is 7. The number of carboxylic acids is 1. The van der Waals surface area contributed by atoms with E-state index in [4.69, 9.17) is 15.8 Å². The van der Waals surface area contributed by atoms with Crippen molar-refractivity contribution in [2.24, 2.45) is 5.73 Å². The molecule has 43 heavy (non-hydrogen) atoms. The van der Waals surface area contributed by atoms with Crippen molar-refractivity contribution >= 4 is 51.7 Å². The Morgan fingerprint density at radius 2 is 1.70 bits per heavy atom. The van der Waals surface area contributed by atoms with E-state index in [1.165, 1.54) is 0 Å². The van der Waals surface area contributed by atoms with Crippen molar-refractivity contribution in [2.75, 3.05) is 17.2 Å². The first-order valence-corrected chi connectivity index (χ1v) is 14.2. The lowest BCUT2D eigenvalue weighted by atomic mass is 10.2. The first-order valence-electron chi connectivity index (χ1n) is 14.2. The van der Waals surface area contributed by atoms with Crippen LogP contribution in [0.2, 0.25) is 0 Å². The highest BCUT2D eigenvalue weighted by Gasteiger charge is 2.19. The van der Waals surface area contributed by atoms with E-state index in [1.54, 1.807) is 28.9 Å². The Bertz CT molecular complexity index is 1830. The third-order valence-corrected chi connectivity index (χ3v) is 7.30. The summed E-state index contributed by atoms with van der Waals surface area (Å²) in [5.74, 6) is -0.762. The molecule has 0 aliphatic carbocycles. The first-order chi connectivity index (χ1) is 20.7. The maximum absolute atomic E-state index is 13.3. The number of aromatic nitrogens is 6. The number of carbonyl (C=O) groups excluding carboxylic acids is 2. The van der Waals surface area contributed by atoms with Crippen molar-refractivity contribution in [3.63, 3.8) is 0 Å². The molecule has 0 saturated carbocycles. The molecule has 0 aliphatic rings. The van der Waals surface area contributed by atoms with Gasteiger partial charge in [-0.15, -0.1) is 0 Å². The minimum atomic E-state index is -0.876. The quantitative estimate of drug-likeness (QED) is 0.150. The molecule has 3 heterocycles. The molecule has 224 valence electrons. The maximum Gasteiger partial charge on any atom is 0.305 e. The average Bonchev–Trinajstić information content (AvgIpc) is 3.63. The van der Waals surface area contributed by atoms with E-state index in [1.807, 2.05) is 43.5 Å². The molecule has 5 N–H and O–H groups in total. The molecule has 0 atom stereocenters. The number of fused-ring (bicyclic) bond motifs is 2. The van der Waals surface area contributed by atoms with E-state index < -0.39 is 11.9 Å². The van der Waals surface area contributed by atoms with Crippen molar-refractivity contribution < 1.29 is 19.5 Å². The zero-order valence-electron chi connectivity index (χ0n) is 24.4. The topological polar surface area (TPSA) is 175 Å². The summed E-state index contributed by atoms with van der Waals surface area (Å²) in [5, 5.41) is 19.6. The third-order valence-electron chi connectivity index (χ3n) is 7.30. The van der Waals surface area contributed by atoms with E-state index >= 15 is 0 Å². The Balaban J connectivity index is 1.38. The van der Waals surface area contributed by atoms with Gasteiger partial charge in [-0.25, -0.2) is 9.97 Å². The number of carboxylic acid groups (broad SMARTS) is 1. The summed E-state index contributed by atoms with van der Waals surface area (Å²) in [6.07, 6.45) is 1.49. The van der Waals surface area contributed by atoms with Crippen LogP contribution >= 0.6 is 0 Å². The van der Waals surface area contributed by atoms with Gasteiger partial charge in [-0.1, -0.05) is 12.1 Å². The van der Waals surface area contributed by atoms with Gasteiger partial charge in [0.1, 0.15) is 5.69 Å². The van der Waals surface area contributed by atoms with Gasteiger partial charge < -0.3 is 25.3 Å². The molecule has 0 radical (unpaired) electrons. The molecule has 2 aromatic carbocycles. The Morgan fingerprint density at radius 1 is 0.953 bits per heavy atom. The lowest BCUT2D eigenvalue weighted by Crippen LogP contribution is -2.20. The summed E-state index contributed by atoms with van der Waals surface area (Å²) in [5.41, 5.74) is 11.2. The molecule has 13 nitrogen and oxygen atoms in total. The molecule has 2 amide bonds. The number of nitrogens with two attached hydrogens (primary N) is 1. The monoisotopic (exact) mass is 585 g/mol. The van der Waals surface area contributed by atoms with Crippen LogP contribution in [0.4, 0.5) is 11.9 Å². The number of benzene rings is 2. The van der Waals surface area contributed by atoms with E-state index in [0.29, 0.717) is 48.3 Å². The van der Waals surface area contributed by atoms with Gasteiger partial charge in [-0.05, 0) is 69.5 Å². The van der Waals surface area contributed by atoms with E-state index in [2.05, 4.69) is 25.3 Å². The highest BCUT2D eigenvalue weighted by Crippen LogP contribution is 2.26. The van der Waals surface area contributed by atoms with E-state index in [9.17, 15) is 14.4 Å². The number of primary amides is 1. The number of nitrogens with zero attached hydrogens (tertiary/aromatic N) is 6. The lowest BCUT2D eigenvalue weighted by Gasteiger charge is -2.13. The molecular formula is C30H35N9O4. The van der Waals surface area contributed by atoms with Crippen molar-refractivity contribution in [1.29, 1.82) is 0 Å². The number of unbranched alkanes of at least 4 members (excludes halogenated alkanes) is 1. The van der Waals surface area contributed by atoms with Crippen LogP contribution in [0, 0.1) is 13.8 Å². The van der Waals surface area contributed by atoms with Gasteiger partial charge in [0.05, 0.1) is 34.2 Å². The molecule has 0 aliphatic heterocycles. The van der Waals surface area contributed by atoms with Gasteiger partial charge in [0.25, 0.3) is 5.91 Å². The van der Waals surface area contributed by atoms with Crippen molar-refractivity contribution in [2.45, 2.75) is 59.7 Å². The molecule has 13 heteroatoms. The molecule has 0 spiro atoms. The van der Waals surface area contributed by atoms with Crippen molar-refractivity contribution in [1.82, 2.24) is 28.9 Å². The number of hydrogen-bond donors (Lipinski definition) is 4. The van der Waals surface area contributed by atoms with E-state index in [0.717, 1.165) is 40.6 Å². The number of aliphatic carboxylic acids is 1. The van der Waals surface area contributed by atoms with Crippen molar-refractivity contribution in [3.05, 3.63) is 65.0 Å². The minimum absolute atomic E-state index is 0.0134. The third kappa shape index (κ3) is 6.20. The van der Waals surface area contributed by atoms with Crippen LogP contribution in [0.3, 0.4) is 0 Å². The Morgan fingerprint density at radius 3 is 2.42 bits per heavy atom. The van der Waals surface area contributed by atoms with E-state index in [-0.39, 0.29) is 18.9 Å². The molecule has 0 saturated heterocycles. The fourth-order valence-electron chi connectivity index (χ4n) is 5.28. The summed E-state index contributed by atoms with van der Waals surface area (Å²) < 4.78 is 5.66. The smallest absolute Gasteiger partial charge is 0.305 e. The fraction of sp³-hybridized carbons (Fsp3) is 0.333. The zero-order valence-corrected chi connectivity index (χ0v) is 24.4. The number of para-hydroxylation sites is 1. The van der Waals surface area contributed by atoms with Gasteiger partial charge in [-0.3, -0.25) is 24.4 Å². The molecule has 3 aromatic heterocycles. The van der Waals surface area contributed by atoms with Crippen LogP contribution < -0.4 is 16.4 Å². The summed E-state index contributed by atoms with van der Waals surface area (Å²) >= 11 is 0. The summed E-state index contributed by atoms with van der Waals surface area (Å²) in [6, 6.07) is 12.7. The normalized spacial score (nSPS) is 11.3. The van der Waals surface area contributed by atoms with Crippen LogP contribution in [-0.4, -0.2) is 58.3 Å². The maximum atomic E-state index is 13.3. The van der Waals surface area contributed by atoms with Crippen LogP contribution in [-0.2, 0) is 24.4 Å². The number of nitrogens with one attached hydrogen (secondary N) is 2.